The van der Waals surface area contributed by atoms with Gasteiger partial charge in [-0.15, -0.1) is 0 Å². The van der Waals surface area contributed by atoms with E-state index in [9.17, 15) is 9.59 Å². The quantitative estimate of drug-likeness (QED) is 0.768. The number of carboxylic acids is 1. The summed E-state index contributed by atoms with van der Waals surface area (Å²) in [6, 6.07) is 9.74. The number of aliphatic carboxylic acids is 1. The Morgan fingerprint density at radius 1 is 1.33 bits per heavy atom. The van der Waals surface area contributed by atoms with Crippen molar-refractivity contribution in [3.63, 3.8) is 0 Å². The zero-order valence-corrected chi connectivity index (χ0v) is 15.3. The fourth-order valence-electron chi connectivity index (χ4n) is 3.16. The Hall–Kier alpha value is -2.71. The summed E-state index contributed by atoms with van der Waals surface area (Å²) in [6.07, 6.45) is 3.68. The van der Waals surface area contributed by atoms with E-state index in [1.807, 2.05) is 36.5 Å². The maximum Gasteiger partial charge on any atom is 0.317 e. The zero-order valence-electron chi connectivity index (χ0n) is 15.3. The van der Waals surface area contributed by atoms with E-state index in [0.29, 0.717) is 26.2 Å². The van der Waals surface area contributed by atoms with E-state index in [1.165, 1.54) is 0 Å². The molecule has 1 aromatic heterocycles. The van der Waals surface area contributed by atoms with E-state index in [0.717, 1.165) is 11.3 Å². The molecule has 1 aromatic carbocycles. The normalized spacial score (nSPS) is 17.3. The third-order valence-electron chi connectivity index (χ3n) is 4.42. The standard InChI is InChI=1S/C19H24N4O4/c1-21(14-19(25)26)12-17-13-22(7-8-27-17)18(24)9-15-10-20-23(11-15)16-5-3-2-4-6-16/h2-6,10-11,17H,7-9,12-14H2,1H3,(H,25,26). The number of carbonyl (C=O) groups excluding carboxylic acids is 1. The lowest BCUT2D eigenvalue weighted by Crippen LogP contribution is -2.50. The number of nitrogens with zero attached hydrogens (tertiary/aromatic N) is 4. The molecule has 1 amide bonds. The minimum Gasteiger partial charge on any atom is -0.480 e. The summed E-state index contributed by atoms with van der Waals surface area (Å²) in [4.78, 5) is 26.9. The molecular weight excluding hydrogens is 348 g/mol. The number of morpholine rings is 1. The average molecular weight is 372 g/mol. The Morgan fingerprint density at radius 2 is 2.11 bits per heavy atom. The first-order valence-corrected chi connectivity index (χ1v) is 8.90. The molecule has 0 aliphatic carbocycles. The molecular formula is C19H24N4O4. The Balaban J connectivity index is 1.55. The maximum atomic E-state index is 12.6. The highest BCUT2D eigenvalue weighted by Crippen LogP contribution is 2.12. The molecule has 1 N–H and O–H groups in total. The second-order valence-electron chi connectivity index (χ2n) is 6.73. The van der Waals surface area contributed by atoms with Crippen LogP contribution in [0.1, 0.15) is 5.56 Å². The molecule has 1 fully saturated rings. The lowest BCUT2D eigenvalue weighted by Gasteiger charge is -2.34. The van der Waals surface area contributed by atoms with Gasteiger partial charge in [0.25, 0.3) is 0 Å². The van der Waals surface area contributed by atoms with Crippen molar-refractivity contribution in [1.29, 1.82) is 0 Å². The smallest absolute Gasteiger partial charge is 0.317 e. The van der Waals surface area contributed by atoms with Gasteiger partial charge in [-0.1, -0.05) is 18.2 Å². The number of para-hydroxylation sites is 1. The molecule has 1 saturated heterocycles. The summed E-state index contributed by atoms with van der Waals surface area (Å²) in [5.41, 5.74) is 1.80. The van der Waals surface area contributed by atoms with E-state index < -0.39 is 5.97 Å². The van der Waals surface area contributed by atoms with Crippen molar-refractivity contribution >= 4 is 11.9 Å². The third-order valence-corrected chi connectivity index (χ3v) is 4.42. The Labute approximate surface area is 157 Å². The first kappa shape index (κ1) is 19.1. The van der Waals surface area contributed by atoms with Crippen molar-refractivity contribution in [2.45, 2.75) is 12.5 Å². The summed E-state index contributed by atoms with van der Waals surface area (Å²) < 4.78 is 7.43. The van der Waals surface area contributed by atoms with E-state index in [-0.39, 0.29) is 25.0 Å². The summed E-state index contributed by atoms with van der Waals surface area (Å²) in [5, 5.41) is 13.2. The van der Waals surface area contributed by atoms with E-state index in [4.69, 9.17) is 9.84 Å². The van der Waals surface area contributed by atoms with Crippen LogP contribution in [0.3, 0.4) is 0 Å². The van der Waals surface area contributed by atoms with Crippen LogP contribution in [0.4, 0.5) is 0 Å². The van der Waals surface area contributed by atoms with Gasteiger partial charge in [0.1, 0.15) is 0 Å². The Bertz CT molecular complexity index is 777. The lowest BCUT2D eigenvalue weighted by atomic mass is 10.2. The first-order valence-electron chi connectivity index (χ1n) is 8.90. The maximum absolute atomic E-state index is 12.6. The van der Waals surface area contributed by atoms with E-state index >= 15 is 0 Å². The number of hydrogen-bond acceptors (Lipinski definition) is 5. The second-order valence-corrected chi connectivity index (χ2v) is 6.73. The number of benzene rings is 1. The number of aromatic nitrogens is 2. The number of likely N-dealkylation sites (N-methyl/N-ethyl adjacent to an activating group) is 1. The average Bonchev–Trinajstić information content (AvgIpc) is 3.10. The van der Waals surface area contributed by atoms with Crippen LogP contribution in [0.15, 0.2) is 42.7 Å². The molecule has 144 valence electrons. The molecule has 0 bridgehead atoms. The van der Waals surface area contributed by atoms with Gasteiger partial charge in [0.05, 0.1) is 37.6 Å². The van der Waals surface area contributed by atoms with E-state index in [1.54, 1.807) is 27.7 Å². The van der Waals surface area contributed by atoms with Crippen molar-refractivity contribution in [1.82, 2.24) is 19.6 Å². The number of hydrogen-bond donors (Lipinski definition) is 1. The highest BCUT2D eigenvalue weighted by atomic mass is 16.5. The molecule has 1 atom stereocenters. The topological polar surface area (TPSA) is 87.9 Å². The SMILES string of the molecule is CN(CC(=O)O)CC1CN(C(=O)Cc2cnn(-c3ccccc3)c2)CCO1. The highest BCUT2D eigenvalue weighted by molar-refractivity contribution is 5.78. The predicted octanol–water partition coefficient (Wildman–Crippen LogP) is 0.659. The van der Waals surface area contributed by atoms with Gasteiger partial charge in [-0.2, -0.15) is 5.10 Å². The van der Waals surface area contributed by atoms with Crippen LogP contribution in [-0.2, 0) is 20.7 Å². The Morgan fingerprint density at radius 3 is 2.85 bits per heavy atom. The molecule has 3 rings (SSSR count). The van der Waals surface area contributed by atoms with Crippen LogP contribution in [0.5, 0.6) is 0 Å². The van der Waals surface area contributed by atoms with E-state index in [2.05, 4.69) is 5.10 Å². The van der Waals surface area contributed by atoms with Gasteiger partial charge < -0.3 is 14.7 Å². The number of amides is 1. The molecule has 0 saturated carbocycles. The van der Waals surface area contributed by atoms with Crippen LogP contribution in [0, 0.1) is 0 Å². The van der Waals surface area contributed by atoms with Crippen molar-refractivity contribution in [3.8, 4) is 5.69 Å². The summed E-state index contributed by atoms with van der Waals surface area (Å²) in [7, 11) is 1.73. The van der Waals surface area contributed by atoms with Gasteiger partial charge in [-0.05, 0) is 24.7 Å². The molecule has 27 heavy (non-hydrogen) atoms. The van der Waals surface area contributed by atoms with Gasteiger partial charge >= 0.3 is 5.97 Å². The predicted molar refractivity (Wildman–Crippen MR) is 98.7 cm³/mol. The van der Waals surface area contributed by atoms with Crippen molar-refractivity contribution < 1.29 is 19.4 Å². The van der Waals surface area contributed by atoms with Crippen LogP contribution < -0.4 is 0 Å². The summed E-state index contributed by atoms with van der Waals surface area (Å²) in [5.74, 6) is -0.853. The monoisotopic (exact) mass is 372 g/mol. The van der Waals surface area contributed by atoms with Crippen molar-refractivity contribution in [2.75, 3.05) is 39.8 Å². The fourth-order valence-corrected chi connectivity index (χ4v) is 3.16. The molecule has 1 aliphatic rings. The first-order chi connectivity index (χ1) is 13.0. The van der Waals surface area contributed by atoms with Crippen LogP contribution in [0.2, 0.25) is 0 Å². The number of rotatable bonds is 7. The van der Waals surface area contributed by atoms with Gasteiger partial charge in [0.2, 0.25) is 5.91 Å². The molecule has 0 radical (unpaired) electrons. The lowest BCUT2D eigenvalue weighted by molar-refractivity contribution is -0.142. The summed E-state index contributed by atoms with van der Waals surface area (Å²) in [6.45, 7) is 1.90. The minimum absolute atomic E-state index is 0.0248. The van der Waals surface area contributed by atoms with Gasteiger partial charge in [-0.25, -0.2) is 4.68 Å². The van der Waals surface area contributed by atoms with Crippen LogP contribution >= 0.6 is 0 Å². The van der Waals surface area contributed by atoms with Gasteiger partial charge in [0, 0.05) is 25.8 Å². The van der Waals surface area contributed by atoms with Crippen LogP contribution in [-0.4, -0.2) is 82.5 Å². The highest BCUT2D eigenvalue weighted by Gasteiger charge is 2.25. The van der Waals surface area contributed by atoms with Gasteiger partial charge in [-0.3, -0.25) is 14.5 Å². The zero-order chi connectivity index (χ0) is 19.2. The summed E-state index contributed by atoms with van der Waals surface area (Å²) >= 11 is 0. The molecule has 8 nitrogen and oxygen atoms in total. The van der Waals surface area contributed by atoms with Gasteiger partial charge in [0.15, 0.2) is 0 Å². The molecule has 8 heteroatoms. The molecule has 1 aliphatic heterocycles. The minimum atomic E-state index is -0.878. The number of ether oxygens (including phenoxy) is 1. The van der Waals surface area contributed by atoms with Crippen LogP contribution in [0.25, 0.3) is 5.69 Å². The second kappa shape index (κ2) is 8.79. The number of carbonyl (C=O) groups is 2. The molecule has 0 spiro atoms. The largest absolute Gasteiger partial charge is 0.480 e. The fraction of sp³-hybridized carbons (Fsp3) is 0.421. The third kappa shape index (κ3) is 5.38. The Kier molecular flexibility index (Phi) is 6.20. The number of carboxylic acid groups (broad SMARTS) is 1. The molecule has 2 heterocycles. The molecule has 1 unspecified atom stereocenters. The molecule has 2 aromatic rings. The van der Waals surface area contributed by atoms with Crippen molar-refractivity contribution in [3.05, 3.63) is 48.3 Å². The van der Waals surface area contributed by atoms with Crippen molar-refractivity contribution in [2.24, 2.45) is 0 Å².